The van der Waals surface area contributed by atoms with E-state index in [1.807, 2.05) is 6.92 Å². The molecule has 1 aromatic rings. The summed E-state index contributed by atoms with van der Waals surface area (Å²) >= 11 is 0. The standard InChI is InChI=1S/C10H17N3O/c1-8-5-3-4-6-13(8)7-10-12-11-9(2)14-10/h8H,3-7H2,1-2H3. The van der Waals surface area contributed by atoms with E-state index in [0.717, 1.165) is 19.0 Å². The average Bonchev–Trinajstić information content (AvgIpc) is 2.56. The molecule has 0 amide bonds. The Kier molecular flexibility index (Phi) is 2.82. The van der Waals surface area contributed by atoms with Crippen molar-refractivity contribution in [3.63, 3.8) is 0 Å². The quantitative estimate of drug-likeness (QED) is 0.721. The fourth-order valence-corrected chi connectivity index (χ4v) is 1.97. The van der Waals surface area contributed by atoms with Gasteiger partial charge in [0.1, 0.15) is 0 Å². The van der Waals surface area contributed by atoms with Gasteiger partial charge in [-0.3, -0.25) is 4.90 Å². The smallest absolute Gasteiger partial charge is 0.230 e. The van der Waals surface area contributed by atoms with Crippen molar-refractivity contribution >= 4 is 0 Å². The zero-order chi connectivity index (χ0) is 9.97. The van der Waals surface area contributed by atoms with Crippen LogP contribution in [0.1, 0.15) is 38.0 Å². The zero-order valence-electron chi connectivity index (χ0n) is 8.86. The van der Waals surface area contributed by atoms with E-state index in [1.165, 1.54) is 19.3 Å². The highest BCUT2D eigenvalue weighted by atomic mass is 16.4. The second kappa shape index (κ2) is 4.09. The van der Waals surface area contributed by atoms with Crippen LogP contribution in [0, 0.1) is 6.92 Å². The predicted octanol–water partition coefficient (Wildman–Crippen LogP) is 1.75. The number of piperidine rings is 1. The summed E-state index contributed by atoms with van der Waals surface area (Å²) in [5.41, 5.74) is 0. The SMILES string of the molecule is Cc1nnc(CN2CCCCC2C)o1. The van der Waals surface area contributed by atoms with E-state index in [1.54, 1.807) is 0 Å². The molecule has 1 atom stereocenters. The van der Waals surface area contributed by atoms with Crippen LogP contribution < -0.4 is 0 Å². The van der Waals surface area contributed by atoms with Crippen LogP contribution in [0.3, 0.4) is 0 Å². The molecule has 4 heteroatoms. The first-order valence-corrected chi connectivity index (χ1v) is 5.29. The van der Waals surface area contributed by atoms with E-state index in [-0.39, 0.29) is 0 Å². The zero-order valence-corrected chi connectivity index (χ0v) is 8.86. The summed E-state index contributed by atoms with van der Waals surface area (Å²) in [4.78, 5) is 2.41. The van der Waals surface area contributed by atoms with Crippen molar-refractivity contribution in [1.29, 1.82) is 0 Å². The van der Waals surface area contributed by atoms with Gasteiger partial charge in [-0.25, -0.2) is 0 Å². The molecule has 0 aromatic carbocycles. The van der Waals surface area contributed by atoms with Gasteiger partial charge in [0.25, 0.3) is 0 Å². The number of hydrogen-bond acceptors (Lipinski definition) is 4. The van der Waals surface area contributed by atoms with Gasteiger partial charge in [0.15, 0.2) is 0 Å². The highest BCUT2D eigenvalue weighted by Crippen LogP contribution is 2.18. The number of aryl methyl sites for hydroxylation is 1. The third-order valence-electron chi connectivity index (χ3n) is 2.85. The van der Waals surface area contributed by atoms with Crippen molar-refractivity contribution in [1.82, 2.24) is 15.1 Å². The van der Waals surface area contributed by atoms with Crippen LogP contribution in [-0.2, 0) is 6.54 Å². The molecule has 0 N–H and O–H groups in total. The molecular weight excluding hydrogens is 178 g/mol. The van der Waals surface area contributed by atoms with Crippen LogP contribution in [0.2, 0.25) is 0 Å². The van der Waals surface area contributed by atoms with Gasteiger partial charge in [0, 0.05) is 13.0 Å². The van der Waals surface area contributed by atoms with Gasteiger partial charge in [0.2, 0.25) is 11.8 Å². The number of rotatable bonds is 2. The second-order valence-corrected chi connectivity index (χ2v) is 4.03. The molecule has 2 rings (SSSR count). The minimum Gasteiger partial charge on any atom is -0.424 e. The van der Waals surface area contributed by atoms with Gasteiger partial charge >= 0.3 is 0 Å². The molecule has 78 valence electrons. The van der Waals surface area contributed by atoms with Crippen LogP contribution in [0.25, 0.3) is 0 Å². The number of hydrogen-bond donors (Lipinski definition) is 0. The van der Waals surface area contributed by atoms with Crippen molar-refractivity contribution in [2.24, 2.45) is 0 Å². The fraction of sp³-hybridized carbons (Fsp3) is 0.800. The first-order chi connectivity index (χ1) is 6.75. The lowest BCUT2D eigenvalue weighted by Crippen LogP contribution is -2.36. The molecule has 14 heavy (non-hydrogen) atoms. The van der Waals surface area contributed by atoms with Crippen LogP contribution >= 0.6 is 0 Å². The van der Waals surface area contributed by atoms with Crippen molar-refractivity contribution < 1.29 is 4.42 Å². The van der Waals surface area contributed by atoms with Crippen LogP contribution in [0.15, 0.2) is 4.42 Å². The molecule has 0 bridgehead atoms. The van der Waals surface area contributed by atoms with E-state index in [2.05, 4.69) is 22.0 Å². The van der Waals surface area contributed by atoms with Crippen molar-refractivity contribution in [2.75, 3.05) is 6.54 Å². The topological polar surface area (TPSA) is 42.2 Å². The van der Waals surface area contributed by atoms with Gasteiger partial charge < -0.3 is 4.42 Å². The normalized spacial score (nSPS) is 24.0. The molecule has 1 aliphatic rings. The molecule has 0 spiro atoms. The second-order valence-electron chi connectivity index (χ2n) is 4.03. The molecular formula is C10H17N3O. The molecule has 1 aliphatic heterocycles. The van der Waals surface area contributed by atoms with E-state index >= 15 is 0 Å². The van der Waals surface area contributed by atoms with Crippen LogP contribution in [-0.4, -0.2) is 27.7 Å². The third-order valence-corrected chi connectivity index (χ3v) is 2.85. The summed E-state index contributed by atoms with van der Waals surface area (Å²) in [6.07, 6.45) is 3.92. The number of aromatic nitrogens is 2. The summed E-state index contributed by atoms with van der Waals surface area (Å²) in [7, 11) is 0. The molecule has 1 aromatic heterocycles. The summed E-state index contributed by atoms with van der Waals surface area (Å²) < 4.78 is 5.37. The van der Waals surface area contributed by atoms with Gasteiger partial charge in [-0.05, 0) is 26.3 Å². The summed E-state index contributed by atoms with van der Waals surface area (Å²) in [5.74, 6) is 1.40. The fourth-order valence-electron chi connectivity index (χ4n) is 1.97. The van der Waals surface area contributed by atoms with Crippen LogP contribution in [0.4, 0.5) is 0 Å². The van der Waals surface area contributed by atoms with E-state index in [9.17, 15) is 0 Å². The highest BCUT2D eigenvalue weighted by Gasteiger charge is 2.19. The van der Waals surface area contributed by atoms with Crippen molar-refractivity contribution in [3.8, 4) is 0 Å². The first-order valence-electron chi connectivity index (χ1n) is 5.29. The van der Waals surface area contributed by atoms with Gasteiger partial charge in [-0.1, -0.05) is 6.42 Å². The molecule has 0 aliphatic carbocycles. The Morgan fingerprint density at radius 1 is 1.43 bits per heavy atom. The maximum Gasteiger partial charge on any atom is 0.230 e. The lowest BCUT2D eigenvalue weighted by molar-refractivity contribution is 0.138. The molecule has 2 heterocycles. The highest BCUT2D eigenvalue weighted by molar-refractivity contribution is 4.82. The van der Waals surface area contributed by atoms with Crippen molar-refractivity contribution in [3.05, 3.63) is 11.8 Å². The molecule has 0 saturated carbocycles. The largest absolute Gasteiger partial charge is 0.424 e. The first kappa shape index (κ1) is 9.65. The third kappa shape index (κ3) is 2.12. The Labute approximate surface area is 84.3 Å². The Morgan fingerprint density at radius 2 is 2.29 bits per heavy atom. The number of nitrogens with zero attached hydrogens (tertiary/aromatic N) is 3. The predicted molar refractivity (Wildman–Crippen MR) is 52.8 cm³/mol. The Balaban J connectivity index is 1.95. The lowest BCUT2D eigenvalue weighted by atomic mass is 10.0. The Bertz CT molecular complexity index is 297. The van der Waals surface area contributed by atoms with E-state index < -0.39 is 0 Å². The maximum absolute atomic E-state index is 5.37. The van der Waals surface area contributed by atoms with Gasteiger partial charge in [-0.15, -0.1) is 10.2 Å². The lowest BCUT2D eigenvalue weighted by Gasteiger charge is -2.31. The minimum atomic E-state index is 0.649. The average molecular weight is 195 g/mol. The summed E-state index contributed by atoms with van der Waals surface area (Å²) in [5, 5.41) is 7.85. The van der Waals surface area contributed by atoms with E-state index in [0.29, 0.717) is 11.9 Å². The van der Waals surface area contributed by atoms with E-state index in [4.69, 9.17) is 4.42 Å². The summed E-state index contributed by atoms with van der Waals surface area (Å²) in [6.45, 7) is 6.06. The van der Waals surface area contributed by atoms with Gasteiger partial charge in [-0.2, -0.15) is 0 Å². The van der Waals surface area contributed by atoms with Crippen molar-refractivity contribution in [2.45, 2.75) is 45.7 Å². The molecule has 1 fully saturated rings. The molecule has 1 saturated heterocycles. The van der Waals surface area contributed by atoms with Gasteiger partial charge in [0.05, 0.1) is 6.54 Å². The Hall–Kier alpha value is -0.900. The monoisotopic (exact) mass is 195 g/mol. The molecule has 4 nitrogen and oxygen atoms in total. The van der Waals surface area contributed by atoms with Crippen LogP contribution in [0.5, 0.6) is 0 Å². The minimum absolute atomic E-state index is 0.649. The molecule has 0 radical (unpaired) electrons. The number of likely N-dealkylation sites (tertiary alicyclic amines) is 1. The Morgan fingerprint density at radius 3 is 2.93 bits per heavy atom. The maximum atomic E-state index is 5.37. The molecule has 1 unspecified atom stereocenters. The summed E-state index contributed by atoms with van der Waals surface area (Å²) in [6, 6.07) is 0.649.